The molecule has 0 aliphatic heterocycles. The molecule has 174 valence electrons. The van der Waals surface area contributed by atoms with Crippen molar-refractivity contribution in [3.8, 4) is 0 Å². The number of carbonyl (C=O) groups is 3. The normalized spacial score (nSPS) is 12.1. The lowest BCUT2D eigenvalue weighted by Crippen LogP contribution is -2.63. The largest absolute Gasteiger partial charge is 0.458 e. The van der Waals surface area contributed by atoms with Gasteiger partial charge in [-0.2, -0.15) is 0 Å². The molecule has 31 heavy (non-hydrogen) atoms. The van der Waals surface area contributed by atoms with E-state index in [1.807, 2.05) is 18.2 Å². The number of benzene rings is 1. The zero-order chi connectivity index (χ0) is 23.7. The van der Waals surface area contributed by atoms with Crippen molar-refractivity contribution in [2.75, 3.05) is 6.54 Å². The summed E-state index contributed by atoms with van der Waals surface area (Å²) >= 11 is 0. The molecule has 0 unspecified atom stereocenters. The van der Waals surface area contributed by atoms with E-state index in [2.05, 4.69) is 5.32 Å². The van der Waals surface area contributed by atoms with Crippen LogP contribution in [0.2, 0.25) is 0 Å². The molecule has 1 aromatic carbocycles. The predicted molar refractivity (Wildman–Crippen MR) is 117 cm³/mol. The lowest BCUT2D eigenvalue weighted by Gasteiger charge is -2.35. The van der Waals surface area contributed by atoms with Crippen LogP contribution in [0.25, 0.3) is 0 Å². The number of unbranched alkanes of at least 4 members (excludes halogenated alkanes) is 1. The number of nitrogens with one attached hydrogen (secondary N) is 1. The van der Waals surface area contributed by atoms with E-state index in [0.29, 0.717) is 19.4 Å². The second-order valence-electron chi connectivity index (χ2n) is 9.34. The second-order valence-corrected chi connectivity index (χ2v) is 9.34. The minimum Gasteiger partial charge on any atom is -0.458 e. The fraction of sp³-hybridized carbons (Fsp3) is 0.609. The SMILES string of the molecule is CC(C)(C)OC(=O)C(CCCCN)(NC(=O)OCc1ccccc1)C(=O)OC(C)(C)C. The summed E-state index contributed by atoms with van der Waals surface area (Å²) < 4.78 is 16.2. The van der Waals surface area contributed by atoms with E-state index in [1.54, 1.807) is 53.7 Å². The fourth-order valence-corrected chi connectivity index (χ4v) is 2.65. The highest BCUT2D eigenvalue weighted by atomic mass is 16.6. The molecule has 0 atom stereocenters. The third-order valence-corrected chi connectivity index (χ3v) is 4.03. The molecule has 1 rings (SSSR count). The maximum atomic E-state index is 13.2. The number of ether oxygens (including phenoxy) is 3. The highest BCUT2D eigenvalue weighted by Crippen LogP contribution is 2.25. The van der Waals surface area contributed by atoms with Gasteiger partial charge in [0.15, 0.2) is 0 Å². The molecule has 0 radical (unpaired) electrons. The van der Waals surface area contributed by atoms with Crippen molar-refractivity contribution in [3.05, 3.63) is 35.9 Å². The quantitative estimate of drug-likeness (QED) is 0.263. The number of esters is 2. The molecule has 1 aromatic rings. The van der Waals surface area contributed by atoms with E-state index in [0.717, 1.165) is 5.56 Å². The van der Waals surface area contributed by atoms with Gasteiger partial charge in [0.25, 0.3) is 0 Å². The first-order valence-electron chi connectivity index (χ1n) is 10.4. The summed E-state index contributed by atoms with van der Waals surface area (Å²) in [6.45, 7) is 10.4. The number of alkyl carbamates (subject to hydrolysis) is 1. The topological polar surface area (TPSA) is 117 Å². The van der Waals surface area contributed by atoms with Crippen LogP contribution < -0.4 is 11.1 Å². The average Bonchev–Trinajstić information content (AvgIpc) is 2.63. The molecule has 0 bridgehead atoms. The van der Waals surface area contributed by atoms with Crippen molar-refractivity contribution >= 4 is 18.0 Å². The minimum atomic E-state index is -2.05. The van der Waals surface area contributed by atoms with Gasteiger partial charge in [-0.3, -0.25) is 5.32 Å². The van der Waals surface area contributed by atoms with Gasteiger partial charge in [0, 0.05) is 0 Å². The van der Waals surface area contributed by atoms with Crippen molar-refractivity contribution in [3.63, 3.8) is 0 Å². The van der Waals surface area contributed by atoms with E-state index >= 15 is 0 Å². The molecule has 0 saturated heterocycles. The van der Waals surface area contributed by atoms with Crippen LogP contribution in [-0.4, -0.2) is 41.3 Å². The van der Waals surface area contributed by atoms with Crippen molar-refractivity contribution in [2.24, 2.45) is 5.73 Å². The Balaban J connectivity index is 3.19. The summed E-state index contributed by atoms with van der Waals surface area (Å²) in [7, 11) is 0. The zero-order valence-electron chi connectivity index (χ0n) is 19.4. The Labute approximate surface area is 184 Å². The monoisotopic (exact) mass is 436 g/mol. The van der Waals surface area contributed by atoms with Crippen molar-refractivity contribution in [2.45, 2.75) is 84.2 Å². The van der Waals surface area contributed by atoms with Crippen LogP contribution in [0.15, 0.2) is 30.3 Å². The minimum absolute atomic E-state index is 0.0197. The standard InChI is InChI=1S/C23H36N2O6/c1-21(2,3)30-18(26)23(14-10-11-15-24,19(27)31-22(4,5)6)25-20(28)29-16-17-12-8-7-9-13-17/h7-9,12-13H,10-11,14-16,24H2,1-6H3,(H,25,28). The van der Waals surface area contributed by atoms with Crippen LogP contribution in [-0.2, 0) is 30.4 Å². The van der Waals surface area contributed by atoms with Gasteiger partial charge in [-0.05, 0) is 72.9 Å². The van der Waals surface area contributed by atoms with Gasteiger partial charge in [-0.1, -0.05) is 30.3 Å². The van der Waals surface area contributed by atoms with Gasteiger partial charge >= 0.3 is 18.0 Å². The smallest absolute Gasteiger partial charge is 0.408 e. The van der Waals surface area contributed by atoms with Gasteiger partial charge in [0.2, 0.25) is 5.54 Å². The summed E-state index contributed by atoms with van der Waals surface area (Å²) in [5.41, 5.74) is 2.53. The molecular formula is C23H36N2O6. The first-order valence-corrected chi connectivity index (χ1v) is 10.4. The van der Waals surface area contributed by atoms with Crippen LogP contribution in [0.1, 0.15) is 66.4 Å². The van der Waals surface area contributed by atoms with E-state index in [4.69, 9.17) is 19.9 Å². The maximum absolute atomic E-state index is 13.2. The third kappa shape index (κ3) is 9.38. The van der Waals surface area contributed by atoms with Gasteiger partial charge in [0.05, 0.1) is 0 Å². The zero-order valence-corrected chi connectivity index (χ0v) is 19.4. The van der Waals surface area contributed by atoms with Crippen LogP contribution in [0.4, 0.5) is 4.79 Å². The molecule has 0 saturated carbocycles. The van der Waals surface area contributed by atoms with Gasteiger partial charge < -0.3 is 19.9 Å². The molecule has 3 N–H and O–H groups in total. The second kappa shape index (κ2) is 11.1. The van der Waals surface area contributed by atoms with E-state index in [1.165, 1.54) is 0 Å². The van der Waals surface area contributed by atoms with Gasteiger partial charge in [0.1, 0.15) is 17.8 Å². The number of amides is 1. The summed E-state index contributed by atoms with van der Waals surface area (Å²) in [4.78, 5) is 39.0. The Bertz CT molecular complexity index is 707. The van der Waals surface area contributed by atoms with Crippen molar-refractivity contribution in [1.82, 2.24) is 5.32 Å². The summed E-state index contributed by atoms with van der Waals surface area (Å²) in [5.74, 6) is -1.80. The predicted octanol–water partition coefficient (Wildman–Crippen LogP) is 3.46. The van der Waals surface area contributed by atoms with E-state index in [9.17, 15) is 14.4 Å². The number of nitrogens with two attached hydrogens (primary N) is 1. The third-order valence-electron chi connectivity index (χ3n) is 4.03. The summed E-state index contributed by atoms with van der Waals surface area (Å²) in [6, 6.07) is 9.06. The molecule has 1 amide bonds. The molecule has 0 aromatic heterocycles. The van der Waals surface area contributed by atoms with Crippen LogP contribution in [0.5, 0.6) is 0 Å². The van der Waals surface area contributed by atoms with Crippen LogP contribution in [0, 0.1) is 0 Å². The van der Waals surface area contributed by atoms with Crippen molar-refractivity contribution < 1.29 is 28.6 Å². The lowest BCUT2D eigenvalue weighted by atomic mass is 9.91. The molecule has 0 fully saturated rings. The lowest BCUT2D eigenvalue weighted by molar-refractivity contribution is -0.179. The summed E-state index contributed by atoms with van der Waals surface area (Å²) in [5, 5.41) is 2.45. The van der Waals surface area contributed by atoms with E-state index < -0.39 is 34.8 Å². The fourth-order valence-electron chi connectivity index (χ4n) is 2.65. The summed E-state index contributed by atoms with van der Waals surface area (Å²) in [6.07, 6.45) is -0.00965. The Morgan fingerprint density at radius 2 is 1.39 bits per heavy atom. The van der Waals surface area contributed by atoms with Gasteiger partial charge in [-0.15, -0.1) is 0 Å². The molecule has 0 aliphatic rings. The maximum Gasteiger partial charge on any atom is 0.408 e. The Morgan fingerprint density at radius 3 is 1.84 bits per heavy atom. The van der Waals surface area contributed by atoms with Crippen LogP contribution in [0.3, 0.4) is 0 Å². The van der Waals surface area contributed by atoms with E-state index in [-0.39, 0.29) is 13.0 Å². The highest BCUT2D eigenvalue weighted by molar-refractivity contribution is 6.07. The highest BCUT2D eigenvalue weighted by Gasteiger charge is 2.52. The Hall–Kier alpha value is -2.61. The molecule has 0 spiro atoms. The number of hydrogen-bond acceptors (Lipinski definition) is 7. The molecule has 8 heteroatoms. The molecule has 0 heterocycles. The average molecular weight is 437 g/mol. The Morgan fingerprint density at radius 1 is 0.871 bits per heavy atom. The first-order chi connectivity index (χ1) is 14.3. The van der Waals surface area contributed by atoms with Crippen LogP contribution >= 0.6 is 0 Å². The number of carbonyl (C=O) groups excluding carboxylic acids is 3. The molecule has 0 aliphatic carbocycles. The number of hydrogen-bond donors (Lipinski definition) is 2. The van der Waals surface area contributed by atoms with Gasteiger partial charge in [-0.25, -0.2) is 14.4 Å². The number of rotatable bonds is 9. The molecular weight excluding hydrogens is 400 g/mol. The van der Waals surface area contributed by atoms with Crippen molar-refractivity contribution in [1.29, 1.82) is 0 Å². The Kier molecular flexibility index (Phi) is 9.49. The molecule has 8 nitrogen and oxygen atoms in total. The first kappa shape index (κ1) is 26.4.